The molecule has 2 aromatic heterocycles. The number of aliphatic carboxylic acids is 1. The minimum atomic E-state index is -1.03. The number of carboxylic acids is 1. The van der Waals surface area contributed by atoms with Crippen LogP contribution < -0.4 is 4.90 Å². The first-order valence-corrected chi connectivity index (χ1v) is 10.5. The Bertz CT molecular complexity index is 1130. The maximum atomic E-state index is 12.9. The first kappa shape index (κ1) is 18.9. The Kier molecular flexibility index (Phi) is 4.63. The quantitative estimate of drug-likeness (QED) is 0.629. The molecule has 30 heavy (non-hydrogen) atoms. The van der Waals surface area contributed by atoms with Gasteiger partial charge in [-0.15, -0.1) is 10.2 Å². The molecule has 2 bridgehead atoms. The number of likely N-dealkylation sites (tertiary alicyclic amines) is 1. The summed E-state index contributed by atoms with van der Waals surface area (Å²) in [4.78, 5) is 34.0. The van der Waals surface area contributed by atoms with E-state index in [9.17, 15) is 9.59 Å². The zero-order valence-corrected chi connectivity index (χ0v) is 17.1. The summed E-state index contributed by atoms with van der Waals surface area (Å²) in [6, 6.07) is 7.42. The van der Waals surface area contributed by atoms with Gasteiger partial charge in [0.15, 0.2) is 11.7 Å². The van der Waals surface area contributed by atoms with Gasteiger partial charge in [-0.2, -0.15) is 4.80 Å². The lowest BCUT2D eigenvalue weighted by molar-refractivity contribution is -0.138. The number of rotatable bonds is 5. The van der Waals surface area contributed by atoms with E-state index in [1.807, 2.05) is 17.0 Å². The van der Waals surface area contributed by atoms with Crippen LogP contribution >= 0.6 is 22.9 Å². The third kappa shape index (κ3) is 3.29. The predicted molar refractivity (Wildman–Crippen MR) is 109 cm³/mol. The van der Waals surface area contributed by atoms with Gasteiger partial charge in [0.2, 0.25) is 5.82 Å². The van der Waals surface area contributed by atoms with Crippen LogP contribution in [0.5, 0.6) is 0 Å². The lowest BCUT2D eigenvalue weighted by Gasteiger charge is -2.34. The van der Waals surface area contributed by atoms with Gasteiger partial charge in [-0.25, -0.2) is 4.98 Å². The average molecular weight is 446 g/mol. The van der Waals surface area contributed by atoms with Crippen molar-refractivity contribution >= 4 is 39.9 Å². The molecule has 0 radical (unpaired) electrons. The Morgan fingerprint density at radius 1 is 1.23 bits per heavy atom. The minimum Gasteiger partial charge on any atom is -0.480 e. The molecule has 2 saturated heterocycles. The summed E-state index contributed by atoms with van der Waals surface area (Å²) < 4.78 is 0. The Balaban J connectivity index is 1.29. The van der Waals surface area contributed by atoms with Gasteiger partial charge in [0, 0.05) is 13.1 Å². The van der Waals surface area contributed by atoms with Crippen molar-refractivity contribution in [2.75, 3.05) is 18.0 Å². The molecular formula is C18H16ClN7O3S. The number of nitrogens with zero attached hydrogens (tertiary/aromatic N) is 7. The molecule has 2 aliphatic heterocycles. The molecule has 2 fully saturated rings. The van der Waals surface area contributed by atoms with E-state index in [4.69, 9.17) is 16.7 Å². The molecule has 2 atom stereocenters. The maximum absolute atomic E-state index is 12.9. The number of benzene rings is 1. The summed E-state index contributed by atoms with van der Waals surface area (Å²) in [6.45, 7) is 0.980. The van der Waals surface area contributed by atoms with Crippen LogP contribution in [-0.2, 0) is 11.3 Å². The lowest BCUT2D eigenvalue weighted by atomic mass is 10.1. The largest absolute Gasteiger partial charge is 0.480 e. The topological polar surface area (TPSA) is 117 Å². The monoisotopic (exact) mass is 445 g/mol. The number of carbonyl (C=O) groups excluding carboxylic acids is 1. The number of fused-ring (bicyclic) bond motifs is 2. The normalized spacial score (nSPS) is 20.2. The van der Waals surface area contributed by atoms with Crippen molar-refractivity contribution in [3.63, 3.8) is 0 Å². The van der Waals surface area contributed by atoms with E-state index in [1.54, 1.807) is 18.3 Å². The highest BCUT2D eigenvalue weighted by atomic mass is 35.5. The van der Waals surface area contributed by atoms with Crippen LogP contribution in [-0.4, -0.2) is 72.2 Å². The smallest absolute Gasteiger partial charge is 0.327 e. The second kappa shape index (κ2) is 7.33. The fourth-order valence-electron chi connectivity index (χ4n) is 3.97. The zero-order valence-electron chi connectivity index (χ0n) is 15.6. The maximum Gasteiger partial charge on any atom is 0.327 e. The van der Waals surface area contributed by atoms with Crippen molar-refractivity contribution in [1.82, 2.24) is 30.1 Å². The molecule has 4 heterocycles. The number of thiazole rings is 1. The van der Waals surface area contributed by atoms with Gasteiger partial charge >= 0.3 is 5.97 Å². The fraction of sp³-hybridized carbons (Fsp3) is 0.333. The van der Waals surface area contributed by atoms with Crippen molar-refractivity contribution in [2.45, 2.75) is 25.0 Å². The highest BCUT2D eigenvalue weighted by Crippen LogP contribution is 2.39. The number of hydrogen-bond acceptors (Lipinski definition) is 8. The van der Waals surface area contributed by atoms with Crippen LogP contribution in [0.15, 0.2) is 30.5 Å². The molecule has 12 heteroatoms. The van der Waals surface area contributed by atoms with E-state index in [0.717, 1.165) is 16.3 Å². The molecule has 0 spiro atoms. The van der Waals surface area contributed by atoms with Gasteiger partial charge in [-0.05, 0) is 23.8 Å². The van der Waals surface area contributed by atoms with E-state index in [1.165, 1.54) is 11.3 Å². The number of anilines is 1. The molecule has 0 saturated carbocycles. The van der Waals surface area contributed by atoms with Crippen LogP contribution in [0.25, 0.3) is 10.7 Å². The molecule has 2 aliphatic rings. The van der Waals surface area contributed by atoms with Crippen LogP contribution in [0.3, 0.4) is 0 Å². The minimum absolute atomic E-state index is 0.0353. The Morgan fingerprint density at radius 3 is 2.80 bits per heavy atom. The number of carboxylic acid groups (broad SMARTS) is 1. The summed E-state index contributed by atoms with van der Waals surface area (Å²) in [6.07, 6.45) is 2.55. The van der Waals surface area contributed by atoms with Crippen LogP contribution in [0.1, 0.15) is 16.8 Å². The van der Waals surface area contributed by atoms with Crippen molar-refractivity contribution in [2.24, 2.45) is 0 Å². The molecule has 10 nitrogen and oxygen atoms in total. The predicted octanol–water partition coefficient (Wildman–Crippen LogP) is 1.64. The highest BCUT2D eigenvalue weighted by Gasteiger charge is 2.46. The number of tetrazole rings is 1. The Labute approximate surface area is 179 Å². The third-order valence-electron chi connectivity index (χ3n) is 5.29. The van der Waals surface area contributed by atoms with Gasteiger partial charge in [-0.1, -0.05) is 35.1 Å². The standard InChI is InChI=1S/C18H16ClN7O3S/c19-13-4-2-1-3-12(13)17(29)24-7-11-5-10(24)8-25(11)18-20-6-14(30-18)16-21-23-26(22-16)9-15(27)28/h1-4,6,10-11H,5,7-9H2,(H,27,28)/t10-,11+/m1/s1. The number of amides is 1. The number of carbonyl (C=O) groups is 2. The second-order valence-corrected chi connectivity index (χ2v) is 8.59. The van der Waals surface area contributed by atoms with Crippen molar-refractivity contribution in [1.29, 1.82) is 0 Å². The highest BCUT2D eigenvalue weighted by molar-refractivity contribution is 7.18. The summed E-state index contributed by atoms with van der Waals surface area (Å²) >= 11 is 7.63. The summed E-state index contributed by atoms with van der Waals surface area (Å²) in [5.74, 6) is -0.723. The van der Waals surface area contributed by atoms with Crippen LogP contribution in [0.2, 0.25) is 5.02 Å². The van der Waals surface area contributed by atoms with Gasteiger partial charge in [-0.3, -0.25) is 9.59 Å². The van der Waals surface area contributed by atoms with Gasteiger partial charge in [0.05, 0.1) is 33.7 Å². The van der Waals surface area contributed by atoms with E-state index >= 15 is 0 Å². The molecule has 154 valence electrons. The SMILES string of the molecule is O=C(O)Cn1nnc(-c2cnc(N3C[C@H]4C[C@H]3CN4C(=O)c3ccccc3Cl)s2)n1. The Hall–Kier alpha value is -3.05. The van der Waals surface area contributed by atoms with E-state index < -0.39 is 5.97 Å². The van der Waals surface area contributed by atoms with Gasteiger partial charge < -0.3 is 14.9 Å². The van der Waals surface area contributed by atoms with Crippen molar-refractivity contribution in [3.8, 4) is 10.7 Å². The number of piperazine rings is 1. The molecule has 0 unspecified atom stereocenters. The van der Waals surface area contributed by atoms with E-state index in [0.29, 0.717) is 34.4 Å². The third-order valence-corrected chi connectivity index (χ3v) is 6.65. The van der Waals surface area contributed by atoms with Crippen molar-refractivity contribution < 1.29 is 14.7 Å². The molecule has 1 amide bonds. The molecule has 1 N–H and O–H groups in total. The van der Waals surface area contributed by atoms with Crippen LogP contribution in [0.4, 0.5) is 5.13 Å². The van der Waals surface area contributed by atoms with E-state index in [2.05, 4.69) is 25.3 Å². The molecule has 0 aliphatic carbocycles. The van der Waals surface area contributed by atoms with Crippen LogP contribution in [0, 0.1) is 0 Å². The molecular weight excluding hydrogens is 430 g/mol. The summed E-state index contributed by atoms with van der Waals surface area (Å²) in [5, 5.41) is 21.9. The van der Waals surface area contributed by atoms with Gasteiger partial charge in [0.25, 0.3) is 5.91 Å². The van der Waals surface area contributed by atoms with E-state index in [-0.39, 0.29) is 24.5 Å². The molecule has 3 aromatic rings. The molecule has 5 rings (SSSR count). The number of aromatic nitrogens is 5. The second-order valence-electron chi connectivity index (χ2n) is 7.18. The average Bonchev–Trinajstić information content (AvgIpc) is 3.49. The molecule has 1 aromatic carbocycles. The first-order valence-electron chi connectivity index (χ1n) is 9.27. The first-order chi connectivity index (χ1) is 14.5. The zero-order chi connectivity index (χ0) is 20.8. The lowest BCUT2D eigenvalue weighted by Crippen LogP contribution is -2.48. The van der Waals surface area contributed by atoms with Gasteiger partial charge in [0.1, 0.15) is 0 Å². The fourth-order valence-corrected chi connectivity index (χ4v) is 5.11. The Morgan fingerprint density at radius 2 is 2.07 bits per heavy atom. The summed E-state index contributed by atoms with van der Waals surface area (Å²) in [7, 11) is 0. The number of halogens is 1. The van der Waals surface area contributed by atoms with Crippen molar-refractivity contribution in [3.05, 3.63) is 41.0 Å². The summed E-state index contributed by atoms with van der Waals surface area (Å²) in [5.41, 5.74) is 0.533. The number of hydrogen-bond donors (Lipinski definition) is 1.